The minimum absolute atomic E-state index is 0.148. The number of aliphatic hydroxyl groups excluding tert-OH is 1. The molecule has 0 radical (unpaired) electrons. The van der Waals surface area contributed by atoms with Gasteiger partial charge in [0.25, 0.3) is 0 Å². The number of rotatable bonds is 2. The number of phenols is 1. The SMILES string of the molecule is CC[C@@]12C[C@H](O)C(O)(c3cc(F)cc(Cl)c3)C[C@H]1CCc1cc(O)ccc12. The number of aromatic hydroxyl groups is 1. The summed E-state index contributed by atoms with van der Waals surface area (Å²) in [4.78, 5) is 0. The maximum absolute atomic E-state index is 13.9. The molecule has 1 unspecified atom stereocenters. The number of benzene rings is 2. The van der Waals surface area contributed by atoms with Crippen LogP contribution in [0, 0.1) is 11.7 Å². The van der Waals surface area contributed by atoms with Gasteiger partial charge in [0.05, 0.1) is 6.10 Å². The van der Waals surface area contributed by atoms with Gasteiger partial charge < -0.3 is 15.3 Å². The highest BCUT2D eigenvalue weighted by Crippen LogP contribution is 2.57. The molecular formula is C22H24ClFO3. The van der Waals surface area contributed by atoms with E-state index in [1.54, 1.807) is 12.1 Å². The molecule has 4 rings (SSSR count). The fourth-order valence-corrected chi connectivity index (χ4v) is 5.66. The minimum Gasteiger partial charge on any atom is -0.508 e. The predicted octanol–water partition coefficient (Wildman–Crippen LogP) is 4.44. The molecular weight excluding hydrogens is 367 g/mol. The van der Waals surface area contributed by atoms with Gasteiger partial charge in [-0.25, -0.2) is 4.39 Å². The van der Waals surface area contributed by atoms with Crippen molar-refractivity contribution in [1.82, 2.24) is 0 Å². The van der Waals surface area contributed by atoms with Gasteiger partial charge in [-0.2, -0.15) is 0 Å². The summed E-state index contributed by atoms with van der Waals surface area (Å²) in [7, 11) is 0. The molecule has 144 valence electrons. The summed E-state index contributed by atoms with van der Waals surface area (Å²) in [6.07, 6.45) is 2.19. The maximum atomic E-state index is 13.9. The lowest BCUT2D eigenvalue weighted by molar-refractivity contribution is -0.146. The molecule has 0 heterocycles. The Bertz CT molecular complexity index is 866. The van der Waals surface area contributed by atoms with E-state index in [0.29, 0.717) is 18.4 Å². The van der Waals surface area contributed by atoms with E-state index in [9.17, 15) is 19.7 Å². The smallest absolute Gasteiger partial charge is 0.125 e. The van der Waals surface area contributed by atoms with Crippen molar-refractivity contribution >= 4 is 11.6 Å². The second-order valence-corrected chi connectivity index (χ2v) is 8.53. The average Bonchev–Trinajstić information content (AvgIpc) is 2.61. The summed E-state index contributed by atoms with van der Waals surface area (Å²) in [5.41, 5.74) is 0.811. The van der Waals surface area contributed by atoms with E-state index in [2.05, 4.69) is 6.92 Å². The zero-order chi connectivity index (χ0) is 19.4. The first kappa shape index (κ1) is 18.7. The van der Waals surface area contributed by atoms with Crippen LogP contribution < -0.4 is 0 Å². The predicted molar refractivity (Wildman–Crippen MR) is 102 cm³/mol. The molecule has 0 bridgehead atoms. The Hall–Kier alpha value is -1.62. The van der Waals surface area contributed by atoms with Crippen molar-refractivity contribution in [2.24, 2.45) is 5.92 Å². The fraction of sp³-hybridized carbons (Fsp3) is 0.455. The van der Waals surface area contributed by atoms with E-state index in [-0.39, 0.29) is 22.1 Å². The van der Waals surface area contributed by atoms with Crippen LogP contribution in [-0.2, 0) is 17.4 Å². The lowest BCUT2D eigenvalue weighted by Gasteiger charge is -2.55. The summed E-state index contributed by atoms with van der Waals surface area (Å²) in [5.74, 6) is -0.120. The van der Waals surface area contributed by atoms with Crippen LogP contribution in [0.25, 0.3) is 0 Å². The van der Waals surface area contributed by atoms with E-state index in [1.807, 2.05) is 12.1 Å². The van der Waals surface area contributed by atoms with Gasteiger partial charge in [-0.15, -0.1) is 0 Å². The van der Waals surface area contributed by atoms with Crippen LogP contribution in [0.2, 0.25) is 5.02 Å². The summed E-state index contributed by atoms with van der Waals surface area (Å²) in [5, 5.41) is 32.4. The number of hydrogen-bond donors (Lipinski definition) is 3. The first-order valence-corrected chi connectivity index (χ1v) is 9.85. The third kappa shape index (κ3) is 2.86. The summed E-state index contributed by atoms with van der Waals surface area (Å²) in [6, 6.07) is 9.46. The highest BCUT2D eigenvalue weighted by Gasteiger charge is 2.55. The Kier molecular flexibility index (Phi) is 4.49. The van der Waals surface area contributed by atoms with E-state index < -0.39 is 17.5 Å². The van der Waals surface area contributed by atoms with E-state index >= 15 is 0 Å². The van der Waals surface area contributed by atoms with Crippen LogP contribution in [0.4, 0.5) is 4.39 Å². The summed E-state index contributed by atoms with van der Waals surface area (Å²) < 4.78 is 13.9. The molecule has 2 aromatic carbocycles. The van der Waals surface area contributed by atoms with Gasteiger partial charge in [-0.05, 0) is 85.0 Å². The Morgan fingerprint density at radius 3 is 2.67 bits per heavy atom. The molecule has 3 N–H and O–H groups in total. The van der Waals surface area contributed by atoms with Gasteiger partial charge in [0.2, 0.25) is 0 Å². The zero-order valence-electron chi connectivity index (χ0n) is 15.3. The molecule has 2 aliphatic rings. The van der Waals surface area contributed by atoms with Crippen molar-refractivity contribution < 1.29 is 19.7 Å². The van der Waals surface area contributed by atoms with Gasteiger partial charge in [-0.1, -0.05) is 24.6 Å². The van der Waals surface area contributed by atoms with Gasteiger partial charge in [-0.3, -0.25) is 0 Å². The molecule has 0 amide bonds. The lowest BCUT2D eigenvalue weighted by atomic mass is 9.52. The average molecular weight is 391 g/mol. The third-order valence-electron chi connectivity index (χ3n) is 6.83. The molecule has 5 heteroatoms. The van der Waals surface area contributed by atoms with Gasteiger partial charge >= 0.3 is 0 Å². The van der Waals surface area contributed by atoms with Crippen LogP contribution in [0.3, 0.4) is 0 Å². The summed E-state index contributed by atoms with van der Waals surface area (Å²) >= 11 is 6.00. The van der Waals surface area contributed by atoms with Gasteiger partial charge in [0, 0.05) is 10.4 Å². The molecule has 0 saturated heterocycles. The number of fused-ring (bicyclic) bond motifs is 3. The van der Waals surface area contributed by atoms with E-state index in [0.717, 1.165) is 30.4 Å². The topological polar surface area (TPSA) is 60.7 Å². The number of aryl methyl sites for hydroxylation is 1. The number of phenolic OH excluding ortho intramolecular Hbond substituents is 1. The van der Waals surface area contributed by atoms with Crippen molar-refractivity contribution in [2.45, 2.75) is 56.1 Å². The number of halogens is 2. The first-order chi connectivity index (χ1) is 12.8. The largest absolute Gasteiger partial charge is 0.508 e. The molecule has 0 aromatic heterocycles. The van der Waals surface area contributed by atoms with Crippen molar-refractivity contribution in [3.8, 4) is 5.75 Å². The first-order valence-electron chi connectivity index (χ1n) is 9.48. The van der Waals surface area contributed by atoms with Crippen LogP contribution in [0.5, 0.6) is 5.75 Å². The quantitative estimate of drug-likeness (QED) is 0.710. The Morgan fingerprint density at radius 1 is 1.19 bits per heavy atom. The highest BCUT2D eigenvalue weighted by molar-refractivity contribution is 6.30. The third-order valence-corrected chi connectivity index (χ3v) is 7.05. The standard InChI is InChI=1S/C22H24ClFO3/c1-2-21-12-20(26)22(27,15-8-16(23)10-17(24)9-15)11-14(21)4-3-13-7-18(25)5-6-19(13)21/h5-10,14,20,25-27H,2-4,11-12H2,1H3/t14-,20+,21-,22?/m1/s1. The molecule has 4 atom stereocenters. The second-order valence-electron chi connectivity index (χ2n) is 8.09. The molecule has 2 aromatic rings. The van der Waals surface area contributed by atoms with Crippen LogP contribution >= 0.6 is 11.6 Å². The highest BCUT2D eigenvalue weighted by atomic mass is 35.5. The maximum Gasteiger partial charge on any atom is 0.125 e. The van der Waals surface area contributed by atoms with Crippen LogP contribution in [-0.4, -0.2) is 21.4 Å². The van der Waals surface area contributed by atoms with Crippen molar-refractivity contribution in [3.63, 3.8) is 0 Å². The minimum atomic E-state index is -1.52. The van der Waals surface area contributed by atoms with Crippen molar-refractivity contribution in [1.29, 1.82) is 0 Å². The van der Waals surface area contributed by atoms with Crippen molar-refractivity contribution in [2.75, 3.05) is 0 Å². The molecule has 1 fully saturated rings. The lowest BCUT2D eigenvalue weighted by Crippen LogP contribution is -2.56. The van der Waals surface area contributed by atoms with Crippen LogP contribution in [0.1, 0.15) is 49.3 Å². The number of aliphatic hydroxyl groups is 2. The molecule has 3 nitrogen and oxygen atoms in total. The van der Waals surface area contributed by atoms with Crippen LogP contribution in [0.15, 0.2) is 36.4 Å². The van der Waals surface area contributed by atoms with Crippen molar-refractivity contribution in [3.05, 3.63) is 63.9 Å². The van der Waals surface area contributed by atoms with Gasteiger partial charge in [0.15, 0.2) is 0 Å². The number of hydrogen-bond acceptors (Lipinski definition) is 3. The molecule has 0 spiro atoms. The molecule has 0 aliphatic heterocycles. The Labute approximate surface area is 163 Å². The van der Waals surface area contributed by atoms with E-state index in [1.165, 1.54) is 12.1 Å². The second kappa shape index (κ2) is 6.47. The monoisotopic (exact) mass is 390 g/mol. The van der Waals surface area contributed by atoms with E-state index in [4.69, 9.17) is 11.6 Å². The molecule has 1 saturated carbocycles. The van der Waals surface area contributed by atoms with Gasteiger partial charge in [0.1, 0.15) is 17.2 Å². The fourth-order valence-electron chi connectivity index (χ4n) is 5.44. The Balaban J connectivity index is 1.78. The summed E-state index contributed by atoms with van der Waals surface area (Å²) in [6.45, 7) is 2.10. The molecule has 27 heavy (non-hydrogen) atoms. The molecule has 2 aliphatic carbocycles. The zero-order valence-corrected chi connectivity index (χ0v) is 16.0. The normalized spacial score (nSPS) is 32.6. The Morgan fingerprint density at radius 2 is 1.96 bits per heavy atom.